The normalized spacial score (nSPS) is 11.4. The molecule has 10 heteroatoms. The molecule has 33 heavy (non-hydrogen) atoms. The number of sulfonamides is 1. The van der Waals surface area contributed by atoms with E-state index in [4.69, 9.17) is 16.3 Å². The van der Waals surface area contributed by atoms with Crippen molar-refractivity contribution in [1.82, 2.24) is 5.43 Å². The molecular weight excluding hydrogens is 469 g/mol. The lowest BCUT2D eigenvalue weighted by molar-refractivity contribution is -0.119. The van der Waals surface area contributed by atoms with Gasteiger partial charge < -0.3 is 4.74 Å². The van der Waals surface area contributed by atoms with Crippen molar-refractivity contribution in [3.8, 4) is 5.75 Å². The number of anilines is 1. The van der Waals surface area contributed by atoms with Crippen molar-refractivity contribution in [2.75, 3.05) is 17.1 Å². The van der Waals surface area contributed by atoms with Crippen LogP contribution in [0.15, 0.2) is 77.9 Å². The van der Waals surface area contributed by atoms with Gasteiger partial charge in [0.2, 0.25) is 10.0 Å². The second-order valence-electron chi connectivity index (χ2n) is 6.99. The first kappa shape index (κ1) is 24.2. The zero-order valence-electron chi connectivity index (χ0n) is 17.6. The molecule has 0 aliphatic carbocycles. The number of carbonyl (C=O) groups is 1. The van der Waals surface area contributed by atoms with Gasteiger partial charge in [0, 0.05) is 10.6 Å². The van der Waals surface area contributed by atoms with Gasteiger partial charge in [-0.1, -0.05) is 35.9 Å². The Morgan fingerprint density at radius 3 is 2.52 bits per heavy atom. The first-order chi connectivity index (χ1) is 15.7. The number of carbonyl (C=O) groups excluding carboxylic acids is 1. The third-order valence-electron chi connectivity index (χ3n) is 4.42. The molecular formula is C23H21ClFN3O4S. The van der Waals surface area contributed by atoms with Crippen molar-refractivity contribution in [2.24, 2.45) is 5.10 Å². The fourth-order valence-electron chi connectivity index (χ4n) is 2.80. The Labute approximate surface area is 196 Å². The lowest BCUT2D eigenvalue weighted by atomic mass is 10.2. The van der Waals surface area contributed by atoms with E-state index in [-0.39, 0.29) is 5.69 Å². The van der Waals surface area contributed by atoms with Crippen LogP contribution < -0.4 is 14.5 Å². The van der Waals surface area contributed by atoms with Gasteiger partial charge in [-0.15, -0.1) is 0 Å². The van der Waals surface area contributed by atoms with Gasteiger partial charge in [-0.3, -0.25) is 9.10 Å². The van der Waals surface area contributed by atoms with E-state index in [0.717, 1.165) is 22.2 Å². The quantitative estimate of drug-likeness (QED) is 0.364. The summed E-state index contributed by atoms with van der Waals surface area (Å²) in [5, 5.41) is 4.47. The minimum Gasteiger partial charge on any atom is -0.489 e. The second kappa shape index (κ2) is 10.9. The Hall–Kier alpha value is -3.43. The van der Waals surface area contributed by atoms with E-state index in [1.165, 1.54) is 24.4 Å². The number of hydrogen-bond donors (Lipinski definition) is 1. The average molecular weight is 490 g/mol. The van der Waals surface area contributed by atoms with Crippen molar-refractivity contribution < 1.29 is 22.3 Å². The summed E-state index contributed by atoms with van der Waals surface area (Å²) in [5.74, 6) is -0.658. The highest BCUT2D eigenvalue weighted by Crippen LogP contribution is 2.19. The maximum absolute atomic E-state index is 13.5. The molecule has 3 rings (SSSR count). The van der Waals surface area contributed by atoms with Crippen molar-refractivity contribution in [1.29, 1.82) is 0 Å². The Bertz CT molecular complexity index is 1250. The number of ether oxygens (including phenoxy) is 1. The molecule has 0 spiro atoms. The highest BCUT2D eigenvalue weighted by molar-refractivity contribution is 7.92. The summed E-state index contributed by atoms with van der Waals surface area (Å²) in [4.78, 5) is 12.2. The molecule has 0 unspecified atom stereocenters. The summed E-state index contributed by atoms with van der Waals surface area (Å²) >= 11 is 6.11. The molecule has 3 aromatic carbocycles. The number of amides is 1. The predicted molar refractivity (Wildman–Crippen MR) is 127 cm³/mol. The van der Waals surface area contributed by atoms with Crippen LogP contribution in [0.3, 0.4) is 0 Å². The van der Waals surface area contributed by atoms with Crippen LogP contribution in [0, 0.1) is 5.82 Å². The maximum Gasteiger partial charge on any atom is 0.260 e. The maximum atomic E-state index is 13.5. The number of hydrazone groups is 1. The van der Waals surface area contributed by atoms with Crippen LogP contribution in [0.2, 0.25) is 5.02 Å². The van der Waals surface area contributed by atoms with Crippen molar-refractivity contribution in [2.45, 2.75) is 6.61 Å². The third kappa shape index (κ3) is 7.30. The molecule has 0 saturated heterocycles. The number of halogens is 2. The van der Waals surface area contributed by atoms with Gasteiger partial charge >= 0.3 is 0 Å². The zero-order valence-corrected chi connectivity index (χ0v) is 19.2. The van der Waals surface area contributed by atoms with Gasteiger partial charge in [-0.2, -0.15) is 5.10 Å². The summed E-state index contributed by atoms with van der Waals surface area (Å²) in [6, 6.07) is 19.4. The Morgan fingerprint density at radius 2 is 1.85 bits per heavy atom. The van der Waals surface area contributed by atoms with Crippen molar-refractivity contribution in [3.05, 3.63) is 94.8 Å². The van der Waals surface area contributed by atoms with Gasteiger partial charge in [-0.05, 0) is 54.1 Å². The molecule has 3 aromatic rings. The number of nitrogens with zero attached hydrogens (tertiary/aromatic N) is 2. The minimum atomic E-state index is -3.81. The molecule has 0 radical (unpaired) electrons. The summed E-state index contributed by atoms with van der Waals surface area (Å²) in [6.45, 7) is -0.222. The first-order valence-corrected chi connectivity index (χ1v) is 12.0. The smallest absolute Gasteiger partial charge is 0.260 e. The standard InChI is InChI=1S/C23H21ClFN3O4S/c1-33(30,31)28(20-7-4-6-19(25)13-20)15-23(29)27-26-14-17-9-11-21(12-10-17)32-16-18-5-2-3-8-22(18)24/h2-14H,15-16H2,1H3,(H,27,29)/b26-14-. The highest BCUT2D eigenvalue weighted by Gasteiger charge is 2.21. The van der Waals surface area contributed by atoms with Crippen LogP contribution in [-0.2, 0) is 21.4 Å². The van der Waals surface area contributed by atoms with Crippen LogP contribution in [0.4, 0.5) is 10.1 Å². The topological polar surface area (TPSA) is 88.1 Å². The number of hydrogen-bond acceptors (Lipinski definition) is 5. The van der Waals surface area contributed by atoms with E-state index < -0.39 is 28.3 Å². The van der Waals surface area contributed by atoms with Gasteiger partial charge in [-0.25, -0.2) is 18.2 Å². The molecule has 0 bridgehead atoms. The summed E-state index contributed by atoms with van der Waals surface area (Å²) < 4.78 is 44.0. The van der Waals surface area contributed by atoms with E-state index in [1.54, 1.807) is 30.3 Å². The molecule has 0 atom stereocenters. The second-order valence-corrected chi connectivity index (χ2v) is 9.31. The minimum absolute atomic E-state index is 0.0454. The van der Waals surface area contributed by atoms with Gasteiger partial charge in [0.05, 0.1) is 18.2 Å². The molecule has 1 amide bonds. The van der Waals surface area contributed by atoms with Gasteiger partial charge in [0.15, 0.2) is 0 Å². The Balaban J connectivity index is 1.55. The largest absolute Gasteiger partial charge is 0.489 e. The van der Waals surface area contributed by atoms with Crippen LogP contribution in [-0.4, -0.2) is 33.3 Å². The number of rotatable bonds is 9. The highest BCUT2D eigenvalue weighted by atomic mass is 35.5. The average Bonchev–Trinajstić information content (AvgIpc) is 2.77. The SMILES string of the molecule is CS(=O)(=O)N(CC(=O)N/N=C\c1ccc(OCc2ccccc2Cl)cc1)c1cccc(F)c1. The van der Waals surface area contributed by atoms with E-state index in [1.807, 2.05) is 18.2 Å². The third-order valence-corrected chi connectivity index (χ3v) is 5.93. The molecule has 0 aromatic heterocycles. The first-order valence-electron chi connectivity index (χ1n) is 9.74. The van der Waals surface area contributed by atoms with Crippen LogP contribution in [0.25, 0.3) is 0 Å². The van der Waals surface area contributed by atoms with E-state index in [9.17, 15) is 17.6 Å². The molecule has 0 aliphatic heterocycles. The van der Waals surface area contributed by atoms with Gasteiger partial charge in [0.1, 0.15) is 24.7 Å². The number of benzene rings is 3. The molecule has 0 fully saturated rings. The summed E-state index contributed by atoms with van der Waals surface area (Å²) in [7, 11) is -3.81. The Morgan fingerprint density at radius 1 is 1.12 bits per heavy atom. The lowest BCUT2D eigenvalue weighted by Gasteiger charge is -2.21. The van der Waals surface area contributed by atoms with Crippen molar-refractivity contribution >= 4 is 39.4 Å². The zero-order chi connectivity index (χ0) is 23.8. The monoisotopic (exact) mass is 489 g/mol. The van der Waals surface area contributed by atoms with Gasteiger partial charge in [0.25, 0.3) is 5.91 Å². The molecule has 0 heterocycles. The molecule has 1 N–H and O–H groups in total. The Kier molecular flexibility index (Phi) is 8.02. The van der Waals surface area contributed by atoms with E-state index in [0.29, 0.717) is 22.9 Å². The number of nitrogens with one attached hydrogen (secondary N) is 1. The van der Waals surface area contributed by atoms with Crippen LogP contribution in [0.5, 0.6) is 5.75 Å². The van der Waals surface area contributed by atoms with E-state index in [2.05, 4.69) is 10.5 Å². The molecule has 0 saturated carbocycles. The fourth-order valence-corrected chi connectivity index (χ4v) is 3.84. The van der Waals surface area contributed by atoms with E-state index >= 15 is 0 Å². The molecule has 172 valence electrons. The van der Waals surface area contributed by atoms with Crippen LogP contribution >= 0.6 is 11.6 Å². The summed E-state index contributed by atoms with van der Waals surface area (Å²) in [6.07, 6.45) is 2.34. The van der Waals surface area contributed by atoms with Crippen molar-refractivity contribution in [3.63, 3.8) is 0 Å². The molecule has 0 aliphatic rings. The molecule has 7 nitrogen and oxygen atoms in total. The van der Waals surface area contributed by atoms with Crippen LogP contribution in [0.1, 0.15) is 11.1 Å². The lowest BCUT2D eigenvalue weighted by Crippen LogP contribution is -2.39. The predicted octanol–water partition coefficient (Wildman–Crippen LogP) is 3.97. The summed E-state index contributed by atoms with van der Waals surface area (Å²) in [5.41, 5.74) is 3.87. The fraction of sp³-hybridized carbons (Fsp3) is 0.130.